The number of amides is 1. The van der Waals surface area contributed by atoms with Crippen molar-refractivity contribution in [3.63, 3.8) is 0 Å². The van der Waals surface area contributed by atoms with Crippen LogP contribution in [0.5, 0.6) is 0 Å². The third-order valence-electron chi connectivity index (χ3n) is 3.82. The summed E-state index contributed by atoms with van der Waals surface area (Å²) < 4.78 is 39.0. The molecule has 0 saturated carbocycles. The molecule has 1 amide bonds. The Balaban J connectivity index is 2.00. The largest absolute Gasteiger partial charge is 0.416 e. The summed E-state index contributed by atoms with van der Waals surface area (Å²) in [5.41, 5.74) is 0.746. The van der Waals surface area contributed by atoms with E-state index in [4.69, 9.17) is 23.8 Å². The lowest BCUT2D eigenvalue weighted by molar-refractivity contribution is -0.137. The second-order valence-electron chi connectivity index (χ2n) is 5.52. The predicted molar refractivity (Wildman–Crippen MR) is 103 cm³/mol. The molecule has 134 valence electrons. The summed E-state index contributed by atoms with van der Waals surface area (Å²) in [5.74, 6) is -0.438. The van der Waals surface area contributed by atoms with Gasteiger partial charge in [-0.1, -0.05) is 53.8 Å². The molecule has 1 aliphatic heterocycles. The molecule has 1 saturated heterocycles. The zero-order valence-electron chi connectivity index (χ0n) is 13.3. The molecule has 26 heavy (non-hydrogen) atoms. The number of anilines is 1. The normalized spacial score (nSPS) is 17.0. The van der Waals surface area contributed by atoms with Crippen LogP contribution in [0.3, 0.4) is 0 Å². The molecule has 2 aromatic carbocycles. The van der Waals surface area contributed by atoms with E-state index in [0.717, 1.165) is 34.4 Å². The fourth-order valence-electron chi connectivity index (χ4n) is 2.47. The van der Waals surface area contributed by atoms with Gasteiger partial charge in [0.05, 0.1) is 16.2 Å². The summed E-state index contributed by atoms with van der Waals surface area (Å²) >= 11 is 12.2. The molecule has 1 aliphatic rings. The highest BCUT2D eigenvalue weighted by Crippen LogP contribution is 2.40. The Kier molecular flexibility index (Phi) is 5.14. The van der Waals surface area contributed by atoms with Crippen LogP contribution in [0, 0.1) is 0 Å². The van der Waals surface area contributed by atoms with Crippen molar-refractivity contribution < 1.29 is 18.0 Å². The Morgan fingerprint density at radius 3 is 2.42 bits per heavy atom. The summed E-state index contributed by atoms with van der Waals surface area (Å²) in [6, 6.07) is 11.5. The highest BCUT2D eigenvalue weighted by Gasteiger charge is 2.37. The van der Waals surface area contributed by atoms with Gasteiger partial charge in [0.25, 0.3) is 5.91 Å². The van der Waals surface area contributed by atoms with Crippen LogP contribution in [0.4, 0.5) is 18.9 Å². The van der Waals surface area contributed by atoms with Gasteiger partial charge in [0.15, 0.2) is 4.32 Å². The number of thiocarbonyl (C=S) groups is 1. The number of rotatable bonds is 2. The second kappa shape index (κ2) is 7.06. The molecule has 0 atom stereocenters. The summed E-state index contributed by atoms with van der Waals surface area (Å²) in [7, 11) is 0. The minimum absolute atomic E-state index is 0.0984. The standard InChI is InChI=1S/C18H11ClF3NOS2/c1-10(11-5-7-13(19)8-6-11)15-16(24)23(17(25)26-15)14-4-2-3-12(9-14)18(20,21)22/h2-9H,1H3. The van der Waals surface area contributed by atoms with Crippen LogP contribution in [0.25, 0.3) is 5.57 Å². The van der Waals surface area contributed by atoms with Crippen LogP contribution in [0.2, 0.25) is 5.02 Å². The lowest BCUT2D eigenvalue weighted by atomic mass is 10.1. The van der Waals surface area contributed by atoms with Crippen molar-refractivity contribution in [2.24, 2.45) is 0 Å². The highest BCUT2D eigenvalue weighted by molar-refractivity contribution is 8.27. The van der Waals surface area contributed by atoms with Gasteiger partial charge in [-0.05, 0) is 48.4 Å². The van der Waals surface area contributed by atoms with Crippen molar-refractivity contribution in [1.29, 1.82) is 0 Å². The monoisotopic (exact) mass is 413 g/mol. The van der Waals surface area contributed by atoms with Gasteiger partial charge in [0, 0.05) is 5.02 Å². The molecule has 1 fully saturated rings. The van der Waals surface area contributed by atoms with Gasteiger partial charge >= 0.3 is 6.18 Å². The Morgan fingerprint density at radius 2 is 1.81 bits per heavy atom. The first-order valence-corrected chi connectivity index (χ1v) is 8.99. The summed E-state index contributed by atoms with van der Waals surface area (Å²) in [5, 5.41) is 0.568. The number of thioether (sulfide) groups is 1. The van der Waals surface area contributed by atoms with E-state index in [1.165, 1.54) is 12.1 Å². The Hall–Kier alpha value is -1.83. The quantitative estimate of drug-likeness (QED) is 0.434. The lowest BCUT2D eigenvalue weighted by Gasteiger charge is -2.16. The van der Waals surface area contributed by atoms with Crippen molar-refractivity contribution in [2.45, 2.75) is 13.1 Å². The predicted octanol–water partition coefficient (Wildman–Crippen LogP) is 6.15. The number of carbonyl (C=O) groups is 1. The van der Waals surface area contributed by atoms with E-state index in [-0.39, 0.29) is 10.0 Å². The number of carbonyl (C=O) groups excluding carboxylic acids is 1. The van der Waals surface area contributed by atoms with Gasteiger partial charge < -0.3 is 0 Å². The molecule has 3 rings (SSSR count). The van der Waals surface area contributed by atoms with Gasteiger partial charge in [-0.3, -0.25) is 9.69 Å². The topological polar surface area (TPSA) is 20.3 Å². The van der Waals surface area contributed by atoms with Crippen molar-refractivity contribution in [3.8, 4) is 0 Å². The third kappa shape index (κ3) is 3.65. The van der Waals surface area contributed by atoms with Crippen LogP contribution < -0.4 is 4.90 Å². The highest BCUT2D eigenvalue weighted by atomic mass is 35.5. The maximum Gasteiger partial charge on any atom is 0.416 e. The van der Waals surface area contributed by atoms with Crippen LogP contribution in [0.1, 0.15) is 18.1 Å². The zero-order valence-corrected chi connectivity index (χ0v) is 15.7. The smallest absolute Gasteiger partial charge is 0.268 e. The molecular weight excluding hydrogens is 403 g/mol. The molecular formula is C18H11ClF3NOS2. The van der Waals surface area contributed by atoms with Gasteiger partial charge in [-0.15, -0.1) is 0 Å². The van der Waals surface area contributed by atoms with E-state index in [9.17, 15) is 18.0 Å². The van der Waals surface area contributed by atoms with Crippen molar-refractivity contribution >= 4 is 57.1 Å². The lowest BCUT2D eigenvalue weighted by Crippen LogP contribution is -2.28. The molecule has 2 aromatic rings. The van der Waals surface area contributed by atoms with Gasteiger partial charge in [-0.25, -0.2) is 0 Å². The van der Waals surface area contributed by atoms with E-state index in [1.54, 1.807) is 31.2 Å². The molecule has 0 aromatic heterocycles. The van der Waals surface area contributed by atoms with E-state index >= 15 is 0 Å². The van der Waals surface area contributed by atoms with Crippen LogP contribution >= 0.6 is 35.6 Å². The molecule has 2 nitrogen and oxygen atoms in total. The Bertz CT molecular complexity index is 923. The Morgan fingerprint density at radius 1 is 1.15 bits per heavy atom. The minimum atomic E-state index is -4.49. The number of hydrogen-bond donors (Lipinski definition) is 0. The molecule has 0 aliphatic carbocycles. The minimum Gasteiger partial charge on any atom is -0.268 e. The van der Waals surface area contributed by atoms with Crippen LogP contribution in [0.15, 0.2) is 53.4 Å². The van der Waals surface area contributed by atoms with E-state index in [0.29, 0.717) is 15.5 Å². The number of halogens is 4. The fraction of sp³-hybridized carbons (Fsp3) is 0.111. The van der Waals surface area contributed by atoms with E-state index < -0.39 is 17.6 Å². The maximum absolute atomic E-state index is 12.9. The molecule has 0 unspecified atom stereocenters. The molecule has 0 bridgehead atoms. The molecule has 8 heteroatoms. The summed E-state index contributed by atoms with van der Waals surface area (Å²) in [6.45, 7) is 1.77. The number of nitrogens with zero attached hydrogens (tertiary/aromatic N) is 1. The van der Waals surface area contributed by atoms with Crippen molar-refractivity contribution in [2.75, 3.05) is 4.90 Å². The van der Waals surface area contributed by atoms with Gasteiger partial charge in [0.1, 0.15) is 0 Å². The molecule has 0 spiro atoms. The number of alkyl halides is 3. The van der Waals surface area contributed by atoms with Crippen molar-refractivity contribution in [3.05, 3.63) is 69.6 Å². The number of benzene rings is 2. The maximum atomic E-state index is 12.9. The average Bonchev–Trinajstić information content (AvgIpc) is 2.89. The van der Waals surface area contributed by atoms with E-state index in [2.05, 4.69) is 0 Å². The van der Waals surface area contributed by atoms with Crippen LogP contribution in [-0.2, 0) is 11.0 Å². The summed E-state index contributed by atoms with van der Waals surface area (Å²) in [4.78, 5) is 14.3. The number of hydrogen-bond acceptors (Lipinski definition) is 3. The molecule has 0 N–H and O–H groups in total. The fourth-order valence-corrected chi connectivity index (χ4v) is 3.94. The second-order valence-corrected chi connectivity index (χ2v) is 7.60. The summed E-state index contributed by atoms with van der Waals surface area (Å²) in [6.07, 6.45) is -4.49. The van der Waals surface area contributed by atoms with Gasteiger partial charge in [0.2, 0.25) is 0 Å². The van der Waals surface area contributed by atoms with Gasteiger partial charge in [-0.2, -0.15) is 13.2 Å². The first kappa shape index (κ1) is 18.9. The number of allylic oxidation sites excluding steroid dienone is 1. The van der Waals surface area contributed by atoms with E-state index in [1.807, 2.05) is 0 Å². The Labute approximate surface area is 162 Å². The van der Waals surface area contributed by atoms with Crippen molar-refractivity contribution in [1.82, 2.24) is 0 Å². The molecule has 1 heterocycles. The average molecular weight is 414 g/mol. The first-order chi connectivity index (χ1) is 12.2. The van der Waals surface area contributed by atoms with Crippen LogP contribution in [-0.4, -0.2) is 10.2 Å². The SMILES string of the molecule is CC(=C1SC(=S)N(c2cccc(C(F)(F)F)c2)C1=O)c1ccc(Cl)cc1. The first-order valence-electron chi connectivity index (χ1n) is 7.39. The third-order valence-corrected chi connectivity index (χ3v) is 5.55. The molecule has 0 radical (unpaired) electrons. The zero-order chi connectivity index (χ0) is 19.1.